The van der Waals surface area contributed by atoms with Crippen LogP contribution in [0.4, 0.5) is 0 Å². The van der Waals surface area contributed by atoms with Crippen molar-refractivity contribution >= 4 is 17.4 Å². The second-order valence-electron chi connectivity index (χ2n) is 3.62. The molecule has 2 aromatic heterocycles. The fourth-order valence-corrected chi connectivity index (χ4v) is 1.80. The highest BCUT2D eigenvalue weighted by molar-refractivity contribution is 6.34. The molecule has 2 rings (SSSR count). The fourth-order valence-electron chi connectivity index (χ4n) is 1.58. The Morgan fingerprint density at radius 1 is 1.44 bits per heavy atom. The van der Waals surface area contributed by atoms with Crippen LogP contribution < -0.4 is 0 Å². The average Bonchev–Trinajstić information content (AvgIpc) is 2.77. The molecule has 0 aliphatic rings. The van der Waals surface area contributed by atoms with Gasteiger partial charge in [-0.15, -0.1) is 0 Å². The van der Waals surface area contributed by atoms with Gasteiger partial charge in [-0.25, -0.2) is 0 Å². The topological polar surface area (TPSA) is 57.0 Å². The molecule has 0 N–H and O–H groups in total. The summed E-state index contributed by atoms with van der Waals surface area (Å²) in [5.41, 5.74) is 0.908. The lowest BCUT2D eigenvalue weighted by atomic mass is 10.1. The predicted molar refractivity (Wildman–Crippen MR) is 66.8 cm³/mol. The zero-order valence-corrected chi connectivity index (χ0v) is 10.6. The number of hydrogen-bond acceptors (Lipinski definition) is 4. The summed E-state index contributed by atoms with van der Waals surface area (Å²) >= 11 is 6.01. The van der Waals surface area contributed by atoms with Gasteiger partial charge >= 0.3 is 0 Å². The molecule has 0 fully saturated rings. The number of pyridine rings is 1. The first-order chi connectivity index (χ1) is 8.74. The lowest BCUT2D eigenvalue weighted by molar-refractivity contribution is 0.102. The number of ether oxygens (including phenoxy) is 1. The molecule has 0 saturated heterocycles. The molecule has 6 heteroatoms. The van der Waals surface area contributed by atoms with Crippen LogP contribution in [0.1, 0.15) is 16.1 Å². The van der Waals surface area contributed by atoms with Gasteiger partial charge in [0.25, 0.3) is 0 Å². The van der Waals surface area contributed by atoms with Crippen molar-refractivity contribution in [2.45, 2.75) is 6.54 Å². The zero-order valence-electron chi connectivity index (χ0n) is 9.84. The van der Waals surface area contributed by atoms with Gasteiger partial charge in [0.15, 0.2) is 0 Å². The Bertz CT molecular complexity index is 540. The Balaban J connectivity index is 2.32. The van der Waals surface area contributed by atoms with Crippen molar-refractivity contribution in [1.29, 1.82) is 0 Å². The van der Waals surface area contributed by atoms with Crippen molar-refractivity contribution in [2.24, 2.45) is 0 Å². The molecule has 2 heterocycles. The van der Waals surface area contributed by atoms with Gasteiger partial charge in [-0.2, -0.15) is 5.10 Å². The summed E-state index contributed by atoms with van der Waals surface area (Å²) in [5.74, 6) is -0.170. The number of carbonyl (C=O) groups excluding carboxylic acids is 1. The molecular formula is C12H12ClN3O2. The average molecular weight is 266 g/mol. The molecule has 94 valence electrons. The normalized spacial score (nSPS) is 10.6. The van der Waals surface area contributed by atoms with Gasteiger partial charge in [0.1, 0.15) is 5.69 Å². The zero-order chi connectivity index (χ0) is 13.0. The van der Waals surface area contributed by atoms with Crippen LogP contribution in [0.25, 0.3) is 0 Å². The highest BCUT2D eigenvalue weighted by Crippen LogP contribution is 2.18. The first-order valence-electron chi connectivity index (χ1n) is 5.39. The molecule has 5 nitrogen and oxygen atoms in total. The summed E-state index contributed by atoms with van der Waals surface area (Å²) in [7, 11) is 1.59. The Kier molecular flexibility index (Phi) is 4.07. The fraction of sp³-hybridized carbons (Fsp3) is 0.250. The summed E-state index contributed by atoms with van der Waals surface area (Å²) < 4.78 is 6.52. The molecule has 0 unspecified atom stereocenters. The minimum atomic E-state index is -0.170. The molecule has 0 radical (unpaired) electrons. The summed E-state index contributed by atoms with van der Waals surface area (Å²) in [6.45, 7) is 0.948. The number of rotatable bonds is 5. The van der Waals surface area contributed by atoms with E-state index in [2.05, 4.69) is 10.1 Å². The number of halogens is 1. The van der Waals surface area contributed by atoms with Gasteiger partial charge in [0.2, 0.25) is 5.78 Å². The molecular weight excluding hydrogens is 254 g/mol. The Labute approximate surface area is 109 Å². The molecule has 0 aliphatic heterocycles. The Hall–Kier alpha value is -1.72. The maximum atomic E-state index is 12.3. The third-order valence-corrected chi connectivity index (χ3v) is 2.74. The van der Waals surface area contributed by atoms with E-state index in [-0.39, 0.29) is 5.78 Å². The lowest BCUT2D eigenvalue weighted by Crippen LogP contribution is -2.14. The SMILES string of the molecule is COCCn1ncc(Cl)c1C(=O)c1ccncc1. The van der Waals surface area contributed by atoms with E-state index in [4.69, 9.17) is 16.3 Å². The highest BCUT2D eigenvalue weighted by Gasteiger charge is 2.18. The van der Waals surface area contributed by atoms with Crippen LogP contribution >= 0.6 is 11.6 Å². The molecule has 18 heavy (non-hydrogen) atoms. The van der Waals surface area contributed by atoms with Gasteiger partial charge in [-0.3, -0.25) is 14.5 Å². The van der Waals surface area contributed by atoms with Gasteiger partial charge in [-0.05, 0) is 12.1 Å². The summed E-state index contributed by atoms with van der Waals surface area (Å²) in [5, 5.41) is 4.41. The molecule has 0 spiro atoms. The second-order valence-corrected chi connectivity index (χ2v) is 4.03. The Morgan fingerprint density at radius 2 is 2.17 bits per heavy atom. The highest BCUT2D eigenvalue weighted by atomic mass is 35.5. The smallest absolute Gasteiger partial charge is 0.212 e. The standard InChI is InChI=1S/C12H12ClN3O2/c1-18-7-6-16-11(10(13)8-15-16)12(17)9-2-4-14-5-3-9/h2-5,8H,6-7H2,1H3. The van der Waals surface area contributed by atoms with Crippen molar-refractivity contribution < 1.29 is 9.53 Å². The van der Waals surface area contributed by atoms with Crippen molar-refractivity contribution in [2.75, 3.05) is 13.7 Å². The van der Waals surface area contributed by atoms with E-state index in [1.165, 1.54) is 6.20 Å². The number of nitrogens with zero attached hydrogens (tertiary/aromatic N) is 3. The number of carbonyl (C=O) groups is 1. The van der Waals surface area contributed by atoms with E-state index >= 15 is 0 Å². The van der Waals surface area contributed by atoms with Crippen molar-refractivity contribution in [3.8, 4) is 0 Å². The van der Waals surface area contributed by atoms with E-state index in [1.807, 2.05) is 0 Å². The van der Waals surface area contributed by atoms with Crippen LogP contribution in [-0.4, -0.2) is 34.3 Å². The molecule has 0 aliphatic carbocycles. The van der Waals surface area contributed by atoms with Crippen LogP contribution in [0.3, 0.4) is 0 Å². The molecule has 2 aromatic rings. The first kappa shape index (κ1) is 12.7. The predicted octanol–water partition coefficient (Wildman–Crippen LogP) is 1.81. The molecule has 0 saturated carbocycles. The van der Waals surface area contributed by atoms with E-state index < -0.39 is 0 Å². The van der Waals surface area contributed by atoms with Crippen molar-refractivity contribution in [3.63, 3.8) is 0 Å². The number of ketones is 1. The first-order valence-corrected chi connectivity index (χ1v) is 5.77. The lowest BCUT2D eigenvalue weighted by Gasteiger charge is -2.06. The number of methoxy groups -OCH3 is 1. The van der Waals surface area contributed by atoms with Gasteiger partial charge in [0, 0.05) is 25.1 Å². The van der Waals surface area contributed by atoms with Gasteiger partial charge in [0.05, 0.1) is 24.4 Å². The quantitative estimate of drug-likeness (QED) is 0.774. The second kappa shape index (κ2) is 5.75. The maximum absolute atomic E-state index is 12.3. The summed E-state index contributed by atoms with van der Waals surface area (Å²) in [6.07, 6.45) is 4.60. The van der Waals surface area contributed by atoms with Crippen molar-refractivity contribution in [3.05, 3.63) is 47.0 Å². The van der Waals surface area contributed by atoms with E-state index in [1.54, 1.807) is 36.3 Å². The third kappa shape index (κ3) is 2.57. The van der Waals surface area contributed by atoms with Crippen LogP contribution in [0.2, 0.25) is 5.02 Å². The third-order valence-electron chi connectivity index (χ3n) is 2.46. The van der Waals surface area contributed by atoms with Gasteiger partial charge < -0.3 is 4.74 Å². The largest absolute Gasteiger partial charge is 0.383 e. The van der Waals surface area contributed by atoms with Crippen LogP contribution in [0.5, 0.6) is 0 Å². The number of aromatic nitrogens is 3. The van der Waals surface area contributed by atoms with Gasteiger partial charge in [-0.1, -0.05) is 11.6 Å². The maximum Gasteiger partial charge on any atom is 0.212 e. The monoisotopic (exact) mass is 265 g/mol. The van der Waals surface area contributed by atoms with Crippen LogP contribution in [0.15, 0.2) is 30.7 Å². The number of hydrogen-bond donors (Lipinski definition) is 0. The molecule has 0 atom stereocenters. The van der Waals surface area contributed by atoms with E-state index in [9.17, 15) is 4.79 Å². The molecule has 0 amide bonds. The summed E-state index contributed by atoms with van der Waals surface area (Å²) in [4.78, 5) is 16.2. The van der Waals surface area contributed by atoms with Crippen molar-refractivity contribution in [1.82, 2.24) is 14.8 Å². The molecule has 0 bridgehead atoms. The van der Waals surface area contributed by atoms with Crippen LogP contribution in [0, 0.1) is 0 Å². The van der Waals surface area contributed by atoms with E-state index in [0.29, 0.717) is 29.4 Å². The van der Waals surface area contributed by atoms with Crippen LogP contribution in [-0.2, 0) is 11.3 Å². The minimum Gasteiger partial charge on any atom is -0.383 e. The minimum absolute atomic E-state index is 0.170. The summed E-state index contributed by atoms with van der Waals surface area (Å²) in [6, 6.07) is 3.29. The Morgan fingerprint density at radius 3 is 2.83 bits per heavy atom. The molecule has 0 aromatic carbocycles. The van der Waals surface area contributed by atoms with E-state index in [0.717, 1.165) is 0 Å².